The van der Waals surface area contributed by atoms with Crippen LogP contribution in [0.15, 0.2) is 24.3 Å². The lowest BCUT2D eigenvalue weighted by Crippen LogP contribution is -2.11. The smallest absolute Gasteiger partial charge is 0.379 e. The molecule has 0 saturated heterocycles. The van der Waals surface area contributed by atoms with Crippen LogP contribution in [0.2, 0.25) is 0 Å². The zero-order valence-corrected chi connectivity index (χ0v) is 8.01. The van der Waals surface area contributed by atoms with Crippen molar-refractivity contribution in [3.63, 3.8) is 0 Å². The minimum atomic E-state index is -2.84. The van der Waals surface area contributed by atoms with E-state index in [4.69, 9.17) is 5.53 Å². The summed E-state index contributed by atoms with van der Waals surface area (Å²) >= 11 is -2.84. The summed E-state index contributed by atoms with van der Waals surface area (Å²) in [6, 6.07) is 5.08. The van der Waals surface area contributed by atoms with Gasteiger partial charge in [0.05, 0.1) is 16.0 Å². The third-order valence-electron chi connectivity index (χ3n) is 1.58. The molecule has 0 bridgehead atoms. The Morgan fingerprint density at radius 3 is 2.53 bits per heavy atom. The van der Waals surface area contributed by atoms with Gasteiger partial charge in [-0.3, -0.25) is 14.3 Å². The molecule has 0 heterocycles. The zero-order valence-electron chi connectivity index (χ0n) is 7.19. The lowest BCUT2D eigenvalue weighted by Gasteiger charge is -2.00. The summed E-state index contributed by atoms with van der Waals surface area (Å²) in [7, 11) is 0. The molecule has 0 N–H and O–H groups in total. The van der Waals surface area contributed by atoms with Crippen LogP contribution in [0.4, 0.5) is 5.69 Å². The summed E-state index contributed by atoms with van der Waals surface area (Å²) in [5, 5.41) is 9.77. The molecule has 0 aromatic heterocycles. The molecule has 0 amide bonds. The maximum absolute atomic E-state index is 10.6. The molecule has 1 atom stereocenters. The van der Waals surface area contributed by atoms with Crippen LogP contribution in [-0.2, 0) is 11.1 Å². The fraction of sp³-hybridized carbons (Fsp3) is 0. The van der Waals surface area contributed by atoms with Gasteiger partial charge >= 0.3 is 5.04 Å². The number of nitro benzene ring substituents is 1. The second kappa shape index (κ2) is 4.56. The highest BCUT2D eigenvalue weighted by atomic mass is 32.2. The van der Waals surface area contributed by atoms with Gasteiger partial charge in [0.15, 0.2) is 5.56 Å². The van der Waals surface area contributed by atoms with E-state index in [1.807, 2.05) is 0 Å². The predicted octanol–water partition coefficient (Wildman–Crippen LogP) is 0.450. The Hall–Kier alpha value is -1.89. The van der Waals surface area contributed by atoms with Gasteiger partial charge in [-0.05, 0) is 6.07 Å². The van der Waals surface area contributed by atoms with E-state index >= 15 is 0 Å². The molecule has 0 fully saturated rings. The van der Waals surface area contributed by atoms with Crippen molar-refractivity contribution in [3.8, 4) is 0 Å². The van der Waals surface area contributed by atoms with Gasteiger partial charge in [0.2, 0.25) is 0 Å². The van der Waals surface area contributed by atoms with Crippen molar-refractivity contribution in [2.45, 2.75) is 0 Å². The molecule has 1 aromatic rings. The molecule has 1 aromatic carbocycles. The van der Waals surface area contributed by atoms with E-state index in [1.165, 1.54) is 18.2 Å². The minimum absolute atomic E-state index is 0.252. The van der Waals surface area contributed by atoms with Gasteiger partial charge < -0.3 is 10.1 Å². The van der Waals surface area contributed by atoms with Crippen molar-refractivity contribution in [2.24, 2.45) is 0 Å². The number of hydrogen-bond acceptors (Lipinski definition) is 4. The molecule has 1 unspecified atom stereocenters. The molecule has 1 rings (SSSR count). The van der Waals surface area contributed by atoms with Crippen LogP contribution >= 0.6 is 0 Å². The molecule has 0 aliphatic heterocycles. The highest BCUT2D eigenvalue weighted by molar-refractivity contribution is 7.95. The Balaban J connectivity index is 3.43. The van der Waals surface area contributed by atoms with Gasteiger partial charge in [0, 0.05) is 6.07 Å². The average Bonchev–Trinajstić information content (AvgIpc) is 2.18. The molecule has 15 heavy (non-hydrogen) atoms. The maximum atomic E-state index is 10.6. The summed E-state index contributed by atoms with van der Waals surface area (Å²) in [6.45, 7) is 0. The molecule has 0 spiro atoms. The van der Waals surface area contributed by atoms with E-state index < -0.39 is 26.7 Å². The molecule has 78 valence electrons. The number of nitrogens with zero attached hydrogens (tertiary/aromatic N) is 3. The summed E-state index contributed by atoms with van der Waals surface area (Å²) in [4.78, 5) is 12.3. The standard InChI is InChI=1S/C7H5N3O4S/c8-9-7(15(13)14)5-3-1-2-4-6(5)10(11)12/h1-4H,(H,13,14)/p-1. The first-order valence-electron chi connectivity index (χ1n) is 3.63. The lowest BCUT2D eigenvalue weighted by molar-refractivity contribution is -0.385. The first kappa shape index (κ1) is 11.2. The second-order valence-corrected chi connectivity index (χ2v) is 3.27. The van der Waals surface area contributed by atoms with Crippen LogP contribution in [0.25, 0.3) is 5.53 Å². The lowest BCUT2D eigenvalue weighted by atomic mass is 10.2. The average molecular weight is 226 g/mol. The van der Waals surface area contributed by atoms with E-state index in [0.717, 1.165) is 6.07 Å². The van der Waals surface area contributed by atoms with Gasteiger partial charge in [-0.25, -0.2) is 0 Å². The molecule has 8 heteroatoms. The van der Waals surface area contributed by atoms with Crippen LogP contribution in [0.3, 0.4) is 0 Å². The van der Waals surface area contributed by atoms with Crippen LogP contribution < -0.4 is 0 Å². The Morgan fingerprint density at radius 1 is 1.47 bits per heavy atom. The van der Waals surface area contributed by atoms with Gasteiger partial charge in [-0.15, -0.1) is 0 Å². The van der Waals surface area contributed by atoms with Gasteiger partial charge in [-0.2, -0.15) is 4.79 Å². The van der Waals surface area contributed by atoms with E-state index in [1.54, 1.807) is 0 Å². The first-order valence-corrected chi connectivity index (χ1v) is 4.70. The third kappa shape index (κ3) is 2.32. The Morgan fingerprint density at radius 2 is 2.07 bits per heavy atom. The third-order valence-corrected chi connectivity index (χ3v) is 2.20. The number of rotatable bonds is 2. The summed E-state index contributed by atoms with van der Waals surface area (Å²) in [5.74, 6) is 0. The van der Waals surface area contributed by atoms with E-state index in [2.05, 4.69) is 4.79 Å². The summed E-state index contributed by atoms with van der Waals surface area (Å²) in [5.41, 5.74) is 7.74. The number of benzene rings is 1. The van der Waals surface area contributed by atoms with Crippen molar-refractivity contribution < 1.29 is 18.5 Å². The molecule has 0 saturated carbocycles. The van der Waals surface area contributed by atoms with E-state index in [9.17, 15) is 18.9 Å². The van der Waals surface area contributed by atoms with Crippen molar-refractivity contribution in [1.29, 1.82) is 0 Å². The minimum Gasteiger partial charge on any atom is -0.763 e. The van der Waals surface area contributed by atoms with E-state index in [-0.39, 0.29) is 5.56 Å². The van der Waals surface area contributed by atoms with Gasteiger partial charge in [-0.1, -0.05) is 12.1 Å². The van der Waals surface area contributed by atoms with Crippen LogP contribution in [0.5, 0.6) is 0 Å². The quantitative estimate of drug-likeness (QED) is 0.138. The highest BCUT2D eigenvalue weighted by Crippen LogP contribution is 2.18. The summed E-state index contributed by atoms with van der Waals surface area (Å²) in [6.07, 6.45) is 0. The predicted molar refractivity (Wildman–Crippen MR) is 49.7 cm³/mol. The molecular formula is C7H4N3O4S-. The second-order valence-electron chi connectivity index (χ2n) is 2.41. The monoisotopic (exact) mass is 226 g/mol. The van der Waals surface area contributed by atoms with Gasteiger partial charge in [0.1, 0.15) is 0 Å². The van der Waals surface area contributed by atoms with Crippen molar-refractivity contribution in [1.82, 2.24) is 0 Å². The fourth-order valence-electron chi connectivity index (χ4n) is 0.991. The zero-order chi connectivity index (χ0) is 11.4. The Bertz CT molecular complexity index is 481. The molecule has 7 nitrogen and oxygen atoms in total. The SMILES string of the molecule is [N-]=[N+]=C(c1ccccc1[N+](=O)[O-])S(=O)[O-]. The van der Waals surface area contributed by atoms with Crippen molar-refractivity contribution >= 4 is 21.8 Å². The number of hydrogen-bond donors (Lipinski definition) is 0. The Kier molecular flexibility index (Phi) is 3.40. The molecule has 0 radical (unpaired) electrons. The number of nitro groups is 1. The molecule has 0 aliphatic rings. The molecular weight excluding hydrogens is 222 g/mol. The highest BCUT2D eigenvalue weighted by Gasteiger charge is 2.24. The van der Waals surface area contributed by atoms with Crippen molar-refractivity contribution in [3.05, 3.63) is 45.5 Å². The fourth-order valence-corrected chi connectivity index (χ4v) is 1.41. The van der Waals surface area contributed by atoms with Crippen LogP contribution in [0.1, 0.15) is 5.56 Å². The van der Waals surface area contributed by atoms with Crippen LogP contribution in [0, 0.1) is 10.1 Å². The summed E-state index contributed by atoms with van der Waals surface area (Å²) < 4.78 is 21.2. The Labute approximate surface area is 86.4 Å². The topological polar surface area (TPSA) is 120 Å². The van der Waals surface area contributed by atoms with Gasteiger partial charge in [0.25, 0.3) is 5.69 Å². The normalized spacial score (nSPS) is 11.5. The van der Waals surface area contributed by atoms with Crippen molar-refractivity contribution in [2.75, 3.05) is 0 Å². The molecule has 0 aliphatic carbocycles. The maximum Gasteiger partial charge on any atom is 0.379 e. The van der Waals surface area contributed by atoms with Crippen LogP contribution in [-0.4, -0.2) is 23.5 Å². The first-order chi connectivity index (χ1) is 7.07. The number of para-hydroxylation sites is 1. The van der Waals surface area contributed by atoms with E-state index in [0.29, 0.717) is 0 Å². The largest absolute Gasteiger partial charge is 0.763 e.